The lowest BCUT2D eigenvalue weighted by Gasteiger charge is -1.95. The maximum atomic E-state index is 11.0. The maximum absolute atomic E-state index is 11.0. The smallest absolute Gasteiger partial charge is 0.361 e. The molecular weight excluding hydrogens is 228 g/mol. The van der Waals surface area contributed by atoms with Gasteiger partial charge in [0.25, 0.3) is 0 Å². The Bertz CT molecular complexity index is 297. The van der Waals surface area contributed by atoms with E-state index in [1.807, 2.05) is 0 Å². The molecular formula is C6H7BrN2O3. The van der Waals surface area contributed by atoms with Gasteiger partial charge < -0.3 is 15.0 Å². The van der Waals surface area contributed by atoms with Crippen molar-refractivity contribution in [2.24, 2.45) is 0 Å². The second-order valence-electron chi connectivity index (χ2n) is 1.93. The Labute approximate surface area is 77.0 Å². The summed E-state index contributed by atoms with van der Waals surface area (Å²) in [6, 6.07) is 0. The SMILES string of the molecule is CCOC(=O)c1noc(N)c1Br. The van der Waals surface area contributed by atoms with Crippen molar-refractivity contribution in [2.75, 3.05) is 12.3 Å². The minimum absolute atomic E-state index is 0.0642. The van der Waals surface area contributed by atoms with Crippen LogP contribution in [0.5, 0.6) is 0 Å². The maximum Gasteiger partial charge on any atom is 0.361 e. The van der Waals surface area contributed by atoms with Crippen molar-refractivity contribution in [1.29, 1.82) is 0 Å². The Morgan fingerprint density at radius 2 is 2.50 bits per heavy atom. The number of rotatable bonds is 2. The molecule has 0 atom stereocenters. The van der Waals surface area contributed by atoms with Crippen LogP contribution < -0.4 is 5.73 Å². The van der Waals surface area contributed by atoms with Crippen LogP contribution in [0.2, 0.25) is 0 Å². The summed E-state index contributed by atoms with van der Waals surface area (Å²) in [4.78, 5) is 11.0. The zero-order valence-electron chi connectivity index (χ0n) is 6.33. The molecule has 1 rings (SSSR count). The highest BCUT2D eigenvalue weighted by Gasteiger charge is 2.18. The molecule has 5 nitrogen and oxygen atoms in total. The number of aromatic nitrogens is 1. The molecule has 0 spiro atoms. The van der Waals surface area contributed by atoms with Gasteiger partial charge in [-0.15, -0.1) is 0 Å². The van der Waals surface area contributed by atoms with Gasteiger partial charge in [-0.3, -0.25) is 0 Å². The molecule has 66 valence electrons. The molecule has 0 saturated carbocycles. The number of nitrogens with zero attached hydrogens (tertiary/aromatic N) is 1. The second kappa shape index (κ2) is 3.57. The van der Waals surface area contributed by atoms with Crippen LogP contribution in [0.3, 0.4) is 0 Å². The number of anilines is 1. The predicted octanol–water partition coefficient (Wildman–Crippen LogP) is 1.20. The van der Waals surface area contributed by atoms with E-state index in [9.17, 15) is 4.79 Å². The fourth-order valence-electron chi connectivity index (χ4n) is 0.618. The number of halogens is 1. The number of nitrogen functional groups attached to an aromatic ring is 1. The van der Waals surface area contributed by atoms with E-state index in [0.717, 1.165) is 0 Å². The molecule has 6 heteroatoms. The van der Waals surface area contributed by atoms with Gasteiger partial charge in [0.2, 0.25) is 11.6 Å². The lowest BCUT2D eigenvalue weighted by molar-refractivity contribution is 0.0514. The van der Waals surface area contributed by atoms with Crippen molar-refractivity contribution >= 4 is 27.8 Å². The first-order valence-corrected chi connectivity index (χ1v) is 4.03. The predicted molar refractivity (Wildman–Crippen MR) is 44.6 cm³/mol. The van der Waals surface area contributed by atoms with E-state index in [-0.39, 0.29) is 18.2 Å². The number of ether oxygens (including phenoxy) is 1. The summed E-state index contributed by atoms with van der Waals surface area (Å²) in [5.74, 6) is -0.483. The van der Waals surface area contributed by atoms with Crippen molar-refractivity contribution in [3.63, 3.8) is 0 Å². The third-order valence-electron chi connectivity index (χ3n) is 1.13. The summed E-state index contributed by atoms with van der Waals surface area (Å²) < 4.78 is 9.55. The molecule has 1 aromatic heterocycles. The third kappa shape index (κ3) is 1.58. The number of nitrogens with two attached hydrogens (primary N) is 1. The van der Waals surface area contributed by atoms with Crippen molar-refractivity contribution in [2.45, 2.75) is 6.92 Å². The first-order valence-electron chi connectivity index (χ1n) is 3.24. The van der Waals surface area contributed by atoms with Gasteiger partial charge in [0.1, 0.15) is 4.47 Å². The lowest BCUT2D eigenvalue weighted by atomic mass is 10.4. The van der Waals surface area contributed by atoms with Gasteiger partial charge in [0, 0.05) is 0 Å². The summed E-state index contributed by atoms with van der Waals surface area (Å²) in [5, 5.41) is 3.41. The Balaban J connectivity index is 2.88. The Hall–Kier alpha value is -1.04. The van der Waals surface area contributed by atoms with Gasteiger partial charge in [-0.05, 0) is 22.9 Å². The van der Waals surface area contributed by atoms with Crippen molar-refractivity contribution in [3.8, 4) is 0 Å². The van der Waals surface area contributed by atoms with E-state index in [2.05, 4.69) is 30.3 Å². The van der Waals surface area contributed by atoms with Crippen LogP contribution in [0.15, 0.2) is 9.00 Å². The minimum atomic E-state index is -0.551. The monoisotopic (exact) mass is 234 g/mol. The lowest BCUT2D eigenvalue weighted by Crippen LogP contribution is -2.05. The van der Waals surface area contributed by atoms with Crippen molar-refractivity contribution in [1.82, 2.24) is 5.16 Å². The molecule has 0 amide bonds. The zero-order chi connectivity index (χ0) is 9.14. The highest BCUT2D eigenvalue weighted by Crippen LogP contribution is 2.23. The van der Waals surface area contributed by atoms with E-state index in [4.69, 9.17) is 5.73 Å². The number of carbonyl (C=O) groups is 1. The summed E-state index contributed by atoms with van der Waals surface area (Å²) in [5.41, 5.74) is 5.35. The molecule has 1 heterocycles. The van der Waals surface area contributed by atoms with Crippen LogP contribution >= 0.6 is 15.9 Å². The molecule has 0 aliphatic rings. The second-order valence-corrected chi connectivity index (χ2v) is 2.72. The normalized spacial score (nSPS) is 9.83. The molecule has 2 N–H and O–H groups in total. The Morgan fingerprint density at radius 1 is 1.83 bits per heavy atom. The van der Waals surface area contributed by atoms with Crippen LogP contribution in [-0.4, -0.2) is 17.7 Å². The zero-order valence-corrected chi connectivity index (χ0v) is 7.92. The molecule has 1 aromatic rings. The molecule has 0 fully saturated rings. The van der Waals surface area contributed by atoms with Crippen LogP contribution in [0.1, 0.15) is 17.4 Å². The van der Waals surface area contributed by atoms with Crippen molar-refractivity contribution < 1.29 is 14.1 Å². The van der Waals surface area contributed by atoms with Gasteiger partial charge in [-0.2, -0.15) is 0 Å². The molecule has 0 radical (unpaired) electrons. The first-order chi connectivity index (χ1) is 5.66. The molecule has 0 bridgehead atoms. The van der Waals surface area contributed by atoms with Gasteiger partial charge in [-0.1, -0.05) is 5.16 Å². The van der Waals surface area contributed by atoms with E-state index < -0.39 is 5.97 Å². The summed E-state index contributed by atoms with van der Waals surface area (Å²) >= 11 is 3.04. The first kappa shape index (κ1) is 9.05. The fourth-order valence-corrected chi connectivity index (χ4v) is 0.925. The van der Waals surface area contributed by atoms with Gasteiger partial charge in [0.15, 0.2) is 0 Å². The van der Waals surface area contributed by atoms with Crippen molar-refractivity contribution in [3.05, 3.63) is 10.2 Å². The summed E-state index contributed by atoms with van der Waals surface area (Å²) in [6.07, 6.45) is 0. The van der Waals surface area contributed by atoms with Gasteiger partial charge in [0.05, 0.1) is 6.61 Å². The topological polar surface area (TPSA) is 78.3 Å². The van der Waals surface area contributed by atoms with Gasteiger partial charge >= 0.3 is 5.97 Å². The largest absolute Gasteiger partial charge is 0.461 e. The minimum Gasteiger partial charge on any atom is -0.461 e. The highest BCUT2D eigenvalue weighted by molar-refractivity contribution is 9.10. The molecule has 0 aromatic carbocycles. The van der Waals surface area contributed by atoms with Crippen LogP contribution in [0, 0.1) is 0 Å². The standard InChI is InChI=1S/C6H7BrN2O3/c1-2-11-6(10)4-3(7)5(8)12-9-4/h2,8H2,1H3. The average Bonchev–Trinajstić information content (AvgIpc) is 2.34. The number of hydrogen-bond donors (Lipinski definition) is 1. The van der Waals surface area contributed by atoms with E-state index in [0.29, 0.717) is 4.47 Å². The van der Waals surface area contributed by atoms with Crippen LogP contribution in [-0.2, 0) is 4.74 Å². The Kier molecular flexibility index (Phi) is 2.69. The highest BCUT2D eigenvalue weighted by atomic mass is 79.9. The van der Waals surface area contributed by atoms with Crippen LogP contribution in [0.25, 0.3) is 0 Å². The van der Waals surface area contributed by atoms with Gasteiger partial charge in [-0.25, -0.2) is 4.79 Å². The van der Waals surface area contributed by atoms with E-state index >= 15 is 0 Å². The van der Waals surface area contributed by atoms with Crippen LogP contribution in [0.4, 0.5) is 5.88 Å². The summed E-state index contributed by atoms with van der Waals surface area (Å²) in [6.45, 7) is 1.99. The number of esters is 1. The third-order valence-corrected chi connectivity index (χ3v) is 1.89. The summed E-state index contributed by atoms with van der Waals surface area (Å²) in [7, 11) is 0. The molecule has 0 aliphatic heterocycles. The van der Waals surface area contributed by atoms with E-state index in [1.165, 1.54) is 0 Å². The van der Waals surface area contributed by atoms with E-state index in [1.54, 1.807) is 6.92 Å². The quantitative estimate of drug-likeness (QED) is 0.779. The molecule has 12 heavy (non-hydrogen) atoms. The molecule has 0 aliphatic carbocycles. The fraction of sp³-hybridized carbons (Fsp3) is 0.333. The molecule has 0 unspecified atom stereocenters. The number of carbonyl (C=O) groups excluding carboxylic acids is 1. The number of hydrogen-bond acceptors (Lipinski definition) is 5. The molecule has 0 saturated heterocycles. The Morgan fingerprint density at radius 3 is 2.92 bits per heavy atom. The average molecular weight is 235 g/mol.